The molecule has 0 aliphatic carbocycles. The van der Waals surface area contributed by atoms with Crippen LogP contribution >= 0.6 is 27.3 Å². The van der Waals surface area contributed by atoms with Crippen molar-refractivity contribution in [2.45, 2.75) is 6.92 Å². The van der Waals surface area contributed by atoms with Crippen LogP contribution in [0.1, 0.15) is 6.92 Å². The van der Waals surface area contributed by atoms with Crippen LogP contribution < -0.4 is 4.74 Å². The molecule has 0 aromatic carbocycles. The topological polar surface area (TPSA) is 22.1 Å². The summed E-state index contributed by atoms with van der Waals surface area (Å²) in [6.45, 7) is 2.62. The minimum atomic E-state index is 0.681. The van der Waals surface area contributed by atoms with Crippen molar-refractivity contribution < 1.29 is 4.74 Å². The van der Waals surface area contributed by atoms with Gasteiger partial charge >= 0.3 is 0 Å². The average Bonchev–Trinajstić information content (AvgIpc) is 2.17. The summed E-state index contributed by atoms with van der Waals surface area (Å²) in [6.07, 6.45) is 0. The smallest absolute Gasteiger partial charge is 0.274 e. The molecule has 1 rings (SSSR count). The van der Waals surface area contributed by atoms with Gasteiger partial charge in [-0.3, -0.25) is 0 Å². The largest absolute Gasteiger partial charge is 0.470 e. The van der Waals surface area contributed by atoms with Crippen molar-refractivity contribution in [2.75, 3.05) is 6.61 Å². The van der Waals surface area contributed by atoms with E-state index in [-0.39, 0.29) is 0 Å². The van der Waals surface area contributed by atoms with E-state index in [4.69, 9.17) is 4.74 Å². The van der Waals surface area contributed by atoms with Gasteiger partial charge < -0.3 is 4.74 Å². The molecule has 0 fully saturated rings. The van der Waals surface area contributed by atoms with Crippen LogP contribution in [0.5, 0.6) is 5.19 Å². The first-order chi connectivity index (χ1) is 4.33. The van der Waals surface area contributed by atoms with E-state index in [1.165, 1.54) is 11.3 Å². The molecule has 0 aliphatic heterocycles. The first kappa shape index (κ1) is 7.02. The first-order valence-electron chi connectivity index (χ1n) is 2.56. The molecule has 0 spiro atoms. The summed E-state index contributed by atoms with van der Waals surface area (Å²) in [5.41, 5.74) is 0. The molecule has 0 amide bonds. The normalized spacial score (nSPS) is 9.56. The monoisotopic (exact) mass is 207 g/mol. The number of hydrogen-bond donors (Lipinski definition) is 0. The Hall–Kier alpha value is -0.0900. The predicted molar refractivity (Wildman–Crippen MR) is 41.0 cm³/mol. The zero-order valence-electron chi connectivity index (χ0n) is 4.93. The first-order valence-corrected chi connectivity index (χ1v) is 4.24. The fourth-order valence-electron chi connectivity index (χ4n) is 0.429. The maximum absolute atomic E-state index is 5.10. The summed E-state index contributed by atoms with van der Waals surface area (Å²) in [4.78, 5) is 4.01. The van der Waals surface area contributed by atoms with Crippen LogP contribution in [0.25, 0.3) is 0 Å². The Morgan fingerprint density at radius 1 is 1.89 bits per heavy atom. The number of ether oxygens (including phenoxy) is 1. The Morgan fingerprint density at radius 2 is 2.67 bits per heavy atom. The predicted octanol–water partition coefficient (Wildman–Crippen LogP) is 2.30. The van der Waals surface area contributed by atoms with E-state index < -0.39 is 0 Å². The molecule has 0 saturated heterocycles. The second-order valence-electron chi connectivity index (χ2n) is 1.37. The zero-order valence-corrected chi connectivity index (χ0v) is 7.33. The molecule has 0 N–H and O–H groups in total. The van der Waals surface area contributed by atoms with E-state index in [1.54, 1.807) is 0 Å². The average molecular weight is 208 g/mol. The van der Waals surface area contributed by atoms with Gasteiger partial charge in [-0.05, 0) is 22.9 Å². The van der Waals surface area contributed by atoms with Crippen molar-refractivity contribution in [3.63, 3.8) is 0 Å². The molecule has 2 nitrogen and oxygen atoms in total. The standard InChI is InChI=1S/C5H6BrNOS/c1-2-8-5-7-4(6)3-9-5/h3H,2H2,1H3. The molecule has 9 heavy (non-hydrogen) atoms. The van der Waals surface area contributed by atoms with Gasteiger partial charge in [0, 0.05) is 5.38 Å². The second-order valence-corrected chi connectivity index (χ2v) is 3.00. The quantitative estimate of drug-likeness (QED) is 0.743. The van der Waals surface area contributed by atoms with Crippen LogP contribution in [0.4, 0.5) is 0 Å². The number of hydrogen-bond acceptors (Lipinski definition) is 3. The summed E-state index contributed by atoms with van der Waals surface area (Å²) in [5, 5.41) is 2.62. The van der Waals surface area contributed by atoms with Crippen molar-refractivity contribution in [1.82, 2.24) is 4.98 Å². The molecule has 50 valence electrons. The van der Waals surface area contributed by atoms with Crippen LogP contribution in [-0.4, -0.2) is 11.6 Å². The van der Waals surface area contributed by atoms with E-state index >= 15 is 0 Å². The molecular weight excluding hydrogens is 202 g/mol. The number of rotatable bonds is 2. The number of halogens is 1. The Morgan fingerprint density at radius 3 is 3.11 bits per heavy atom. The molecule has 0 atom stereocenters. The van der Waals surface area contributed by atoms with E-state index in [0.29, 0.717) is 6.61 Å². The third-order valence-corrected chi connectivity index (χ3v) is 2.18. The van der Waals surface area contributed by atoms with E-state index in [9.17, 15) is 0 Å². The molecule has 0 bridgehead atoms. The lowest BCUT2D eigenvalue weighted by molar-refractivity contribution is 0.338. The zero-order chi connectivity index (χ0) is 6.69. The van der Waals surface area contributed by atoms with Crippen molar-refractivity contribution in [3.05, 3.63) is 9.98 Å². The highest BCUT2D eigenvalue weighted by molar-refractivity contribution is 9.10. The van der Waals surface area contributed by atoms with Crippen molar-refractivity contribution in [3.8, 4) is 5.19 Å². The van der Waals surface area contributed by atoms with Crippen LogP contribution in [-0.2, 0) is 0 Å². The third-order valence-electron chi connectivity index (χ3n) is 0.723. The molecule has 1 aromatic heterocycles. The lowest BCUT2D eigenvalue weighted by atomic mass is 10.9. The summed E-state index contributed by atoms with van der Waals surface area (Å²) < 4.78 is 5.95. The Bertz CT molecular complexity index is 189. The number of nitrogens with zero attached hydrogens (tertiary/aromatic N) is 1. The Balaban J connectivity index is 2.61. The van der Waals surface area contributed by atoms with Gasteiger partial charge in [-0.15, -0.1) is 0 Å². The van der Waals surface area contributed by atoms with Gasteiger partial charge in [-0.25, -0.2) is 0 Å². The second kappa shape index (κ2) is 3.17. The maximum atomic E-state index is 5.10. The van der Waals surface area contributed by atoms with Gasteiger partial charge in [-0.1, -0.05) is 11.3 Å². The van der Waals surface area contributed by atoms with Gasteiger partial charge in [0.05, 0.1) is 6.61 Å². The Kier molecular flexibility index (Phi) is 2.48. The number of thiazole rings is 1. The molecule has 0 radical (unpaired) electrons. The highest BCUT2D eigenvalue weighted by Gasteiger charge is 1.96. The van der Waals surface area contributed by atoms with Crippen molar-refractivity contribution >= 4 is 27.3 Å². The van der Waals surface area contributed by atoms with E-state index in [1.807, 2.05) is 12.3 Å². The van der Waals surface area contributed by atoms with Crippen LogP contribution in [0.15, 0.2) is 9.98 Å². The minimum Gasteiger partial charge on any atom is -0.470 e. The van der Waals surface area contributed by atoms with E-state index in [0.717, 1.165) is 9.80 Å². The van der Waals surface area contributed by atoms with E-state index in [2.05, 4.69) is 20.9 Å². The highest BCUT2D eigenvalue weighted by atomic mass is 79.9. The van der Waals surface area contributed by atoms with Crippen LogP contribution in [0, 0.1) is 0 Å². The Labute approximate surface area is 66.0 Å². The molecular formula is C5H6BrNOS. The fourth-order valence-corrected chi connectivity index (χ4v) is 1.58. The maximum Gasteiger partial charge on any atom is 0.274 e. The lowest BCUT2D eigenvalue weighted by Crippen LogP contribution is -1.89. The summed E-state index contributed by atoms with van der Waals surface area (Å²) in [7, 11) is 0. The molecule has 1 heterocycles. The number of aromatic nitrogens is 1. The lowest BCUT2D eigenvalue weighted by Gasteiger charge is -1.92. The van der Waals surface area contributed by atoms with Gasteiger partial charge in [0.25, 0.3) is 5.19 Å². The minimum absolute atomic E-state index is 0.681. The summed E-state index contributed by atoms with van der Waals surface area (Å²) in [6, 6.07) is 0. The highest BCUT2D eigenvalue weighted by Crippen LogP contribution is 2.21. The van der Waals surface area contributed by atoms with Crippen molar-refractivity contribution in [2.24, 2.45) is 0 Å². The molecule has 4 heteroatoms. The SMILES string of the molecule is CCOc1nc(Br)cs1. The van der Waals surface area contributed by atoms with Gasteiger partial charge in [-0.2, -0.15) is 4.98 Å². The third kappa shape index (κ3) is 1.95. The van der Waals surface area contributed by atoms with Gasteiger partial charge in [0.1, 0.15) is 4.60 Å². The molecule has 0 unspecified atom stereocenters. The molecule has 0 saturated carbocycles. The van der Waals surface area contributed by atoms with Crippen molar-refractivity contribution in [1.29, 1.82) is 0 Å². The molecule has 0 aliphatic rings. The molecule has 1 aromatic rings. The van der Waals surface area contributed by atoms with Crippen LogP contribution in [0.3, 0.4) is 0 Å². The summed E-state index contributed by atoms with van der Waals surface area (Å²) >= 11 is 4.72. The van der Waals surface area contributed by atoms with Gasteiger partial charge in [0.2, 0.25) is 0 Å². The van der Waals surface area contributed by atoms with Gasteiger partial charge in [0.15, 0.2) is 0 Å². The summed E-state index contributed by atoms with van der Waals surface area (Å²) in [5.74, 6) is 0. The fraction of sp³-hybridized carbons (Fsp3) is 0.400. The van der Waals surface area contributed by atoms with Crippen LogP contribution in [0.2, 0.25) is 0 Å².